The highest BCUT2D eigenvalue weighted by Gasteiger charge is 2.49. The lowest BCUT2D eigenvalue weighted by Gasteiger charge is -2.06. The number of hydrogen-bond acceptors (Lipinski definition) is 5. The van der Waals surface area contributed by atoms with Crippen LogP contribution in [-0.4, -0.2) is 29.2 Å². The van der Waals surface area contributed by atoms with Crippen LogP contribution in [0.1, 0.15) is 30.7 Å². The van der Waals surface area contributed by atoms with E-state index in [9.17, 15) is 0 Å². The van der Waals surface area contributed by atoms with E-state index in [4.69, 9.17) is 15.2 Å². The molecule has 2 aromatic rings. The fourth-order valence-electron chi connectivity index (χ4n) is 3.35. The third-order valence-corrected chi connectivity index (χ3v) is 4.74. The van der Waals surface area contributed by atoms with Crippen molar-refractivity contribution in [1.29, 1.82) is 0 Å². The zero-order valence-corrected chi connectivity index (χ0v) is 12.8. The Bertz CT molecular complexity index is 708. The summed E-state index contributed by atoms with van der Waals surface area (Å²) in [7, 11) is 3.12. The van der Waals surface area contributed by atoms with Gasteiger partial charge in [-0.05, 0) is 48.6 Å². The number of aromatic nitrogens is 3. The molecule has 0 amide bonds. The zero-order valence-electron chi connectivity index (χ0n) is 12.8. The molecule has 116 valence electrons. The van der Waals surface area contributed by atoms with Crippen molar-refractivity contribution >= 4 is 5.82 Å². The molecule has 0 radical (unpaired) electrons. The van der Waals surface area contributed by atoms with E-state index >= 15 is 0 Å². The Hall–Kier alpha value is -2.24. The molecule has 0 aliphatic heterocycles. The van der Waals surface area contributed by atoms with Crippen LogP contribution in [0.5, 0.6) is 11.9 Å². The SMILES string of the molecule is COc1ncc(-c2cc(C3CC3C3CC3)c(N)[nH]2)c(OC)n1. The Morgan fingerprint density at radius 2 is 2.09 bits per heavy atom. The van der Waals surface area contributed by atoms with Gasteiger partial charge in [0, 0.05) is 6.20 Å². The Labute approximate surface area is 129 Å². The molecule has 6 nitrogen and oxygen atoms in total. The number of hydrogen-bond donors (Lipinski definition) is 2. The van der Waals surface area contributed by atoms with Crippen molar-refractivity contribution in [2.24, 2.45) is 11.8 Å². The normalized spacial score (nSPS) is 23.4. The van der Waals surface area contributed by atoms with Gasteiger partial charge in [-0.3, -0.25) is 0 Å². The van der Waals surface area contributed by atoms with Crippen LogP contribution in [0.4, 0.5) is 5.82 Å². The van der Waals surface area contributed by atoms with E-state index in [-0.39, 0.29) is 6.01 Å². The lowest BCUT2D eigenvalue weighted by molar-refractivity contribution is 0.353. The molecule has 2 aromatic heterocycles. The summed E-state index contributed by atoms with van der Waals surface area (Å²) in [6.07, 6.45) is 5.74. The summed E-state index contributed by atoms with van der Waals surface area (Å²) in [5.41, 5.74) is 9.11. The van der Waals surface area contributed by atoms with E-state index in [0.29, 0.717) is 11.8 Å². The second-order valence-corrected chi connectivity index (χ2v) is 6.18. The molecule has 0 spiro atoms. The summed E-state index contributed by atoms with van der Waals surface area (Å²) in [5.74, 6) is 3.61. The van der Waals surface area contributed by atoms with E-state index in [2.05, 4.69) is 21.0 Å². The van der Waals surface area contributed by atoms with Gasteiger partial charge in [-0.15, -0.1) is 0 Å². The summed E-state index contributed by atoms with van der Waals surface area (Å²) in [4.78, 5) is 11.6. The van der Waals surface area contributed by atoms with Gasteiger partial charge < -0.3 is 20.2 Å². The first-order valence-corrected chi connectivity index (χ1v) is 7.65. The molecule has 2 heterocycles. The van der Waals surface area contributed by atoms with Crippen LogP contribution < -0.4 is 15.2 Å². The molecule has 22 heavy (non-hydrogen) atoms. The molecule has 2 saturated carbocycles. The van der Waals surface area contributed by atoms with Crippen LogP contribution in [0, 0.1) is 11.8 Å². The number of nitrogens with two attached hydrogens (primary N) is 1. The van der Waals surface area contributed by atoms with Crippen LogP contribution in [0.3, 0.4) is 0 Å². The van der Waals surface area contributed by atoms with Crippen LogP contribution in [0.2, 0.25) is 0 Å². The third-order valence-electron chi connectivity index (χ3n) is 4.74. The first kappa shape index (κ1) is 13.4. The Morgan fingerprint density at radius 3 is 2.77 bits per heavy atom. The van der Waals surface area contributed by atoms with Crippen molar-refractivity contribution in [3.63, 3.8) is 0 Å². The van der Waals surface area contributed by atoms with Gasteiger partial charge in [-0.25, -0.2) is 4.98 Å². The smallest absolute Gasteiger partial charge is 0.319 e. The van der Waals surface area contributed by atoms with Gasteiger partial charge in [0.1, 0.15) is 5.82 Å². The van der Waals surface area contributed by atoms with Crippen molar-refractivity contribution in [2.45, 2.75) is 25.2 Å². The number of rotatable bonds is 5. The molecule has 2 atom stereocenters. The molecule has 2 fully saturated rings. The molecular formula is C16H20N4O2. The van der Waals surface area contributed by atoms with E-state index < -0.39 is 0 Å². The molecule has 0 saturated heterocycles. The molecule has 6 heteroatoms. The van der Waals surface area contributed by atoms with Gasteiger partial charge in [-0.1, -0.05) is 0 Å². The second kappa shape index (κ2) is 4.90. The van der Waals surface area contributed by atoms with Crippen molar-refractivity contribution in [1.82, 2.24) is 15.0 Å². The van der Waals surface area contributed by atoms with Crippen molar-refractivity contribution in [2.75, 3.05) is 20.0 Å². The van der Waals surface area contributed by atoms with E-state index in [0.717, 1.165) is 28.9 Å². The summed E-state index contributed by atoms with van der Waals surface area (Å²) >= 11 is 0. The maximum Gasteiger partial charge on any atom is 0.319 e. The van der Waals surface area contributed by atoms with Gasteiger partial charge in [-0.2, -0.15) is 4.98 Å². The minimum absolute atomic E-state index is 0.288. The molecule has 4 rings (SSSR count). The molecule has 2 aliphatic carbocycles. The number of nitrogen functional groups attached to an aromatic ring is 1. The Morgan fingerprint density at radius 1 is 1.27 bits per heavy atom. The summed E-state index contributed by atoms with van der Waals surface area (Å²) in [6.45, 7) is 0. The highest BCUT2D eigenvalue weighted by Crippen LogP contribution is 2.60. The van der Waals surface area contributed by atoms with Gasteiger partial charge in [0.2, 0.25) is 5.88 Å². The topological polar surface area (TPSA) is 86.0 Å². The third kappa shape index (κ3) is 2.19. The van der Waals surface area contributed by atoms with E-state index in [1.165, 1.54) is 31.9 Å². The minimum Gasteiger partial charge on any atom is -0.480 e. The van der Waals surface area contributed by atoms with Gasteiger partial charge in [0.05, 0.1) is 25.5 Å². The quantitative estimate of drug-likeness (QED) is 0.886. The van der Waals surface area contributed by atoms with Gasteiger partial charge in [0.25, 0.3) is 0 Å². The van der Waals surface area contributed by atoms with Crippen molar-refractivity contribution < 1.29 is 9.47 Å². The van der Waals surface area contributed by atoms with Gasteiger partial charge in [0.15, 0.2) is 0 Å². The first-order chi connectivity index (χ1) is 10.7. The predicted octanol–water partition coefficient (Wildman–Crippen LogP) is 2.58. The standard InChI is InChI=1S/C16H20N4O2/c1-21-15-12(7-18-16(20-15)22-2)13-6-11(14(17)19-13)10-5-9(10)8-3-4-8/h6-10,19H,3-5,17H2,1-2H3. The van der Waals surface area contributed by atoms with E-state index in [1.54, 1.807) is 13.3 Å². The molecule has 0 aromatic carbocycles. The highest BCUT2D eigenvalue weighted by molar-refractivity contribution is 5.69. The average molecular weight is 300 g/mol. The predicted molar refractivity (Wildman–Crippen MR) is 82.9 cm³/mol. The summed E-state index contributed by atoms with van der Waals surface area (Å²) in [5, 5.41) is 0. The number of nitrogens with zero attached hydrogens (tertiary/aromatic N) is 2. The maximum atomic E-state index is 6.19. The molecule has 2 aliphatic rings. The van der Waals surface area contributed by atoms with Crippen LogP contribution >= 0.6 is 0 Å². The monoisotopic (exact) mass is 300 g/mol. The van der Waals surface area contributed by atoms with Crippen molar-refractivity contribution in [3.05, 3.63) is 17.8 Å². The number of aromatic amines is 1. The second-order valence-electron chi connectivity index (χ2n) is 6.18. The Balaban J connectivity index is 1.65. The highest BCUT2D eigenvalue weighted by atomic mass is 16.5. The molecule has 2 unspecified atom stereocenters. The number of ether oxygens (including phenoxy) is 2. The summed E-state index contributed by atoms with van der Waals surface area (Å²) in [6, 6.07) is 2.41. The fourth-order valence-corrected chi connectivity index (χ4v) is 3.35. The maximum absolute atomic E-state index is 6.19. The number of anilines is 1. The number of nitrogens with one attached hydrogen (secondary N) is 1. The first-order valence-electron chi connectivity index (χ1n) is 7.65. The van der Waals surface area contributed by atoms with Crippen LogP contribution in [-0.2, 0) is 0 Å². The van der Waals surface area contributed by atoms with Gasteiger partial charge >= 0.3 is 6.01 Å². The Kier molecular flexibility index (Phi) is 2.99. The molecular weight excluding hydrogens is 280 g/mol. The van der Waals surface area contributed by atoms with Crippen molar-refractivity contribution in [3.8, 4) is 23.1 Å². The van der Waals surface area contributed by atoms with Crippen LogP contribution in [0.15, 0.2) is 12.3 Å². The minimum atomic E-state index is 0.288. The number of H-pyrrole nitrogens is 1. The molecule has 0 bridgehead atoms. The zero-order chi connectivity index (χ0) is 15.3. The fraction of sp³-hybridized carbons (Fsp3) is 0.500. The lowest BCUT2D eigenvalue weighted by Crippen LogP contribution is -1.97. The van der Waals surface area contributed by atoms with Crippen LogP contribution in [0.25, 0.3) is 11.3 Å². The average Bonchev–Trinajstić information content (AvgIpc) is 3.43. The number of methoxy groups -OCH3 is 2. The summed E-state index contributed by atoms with van der Waals surface area (Å²) < 4.78 is 10.4. The van der Waals surface area contributed by atoms with E-state index in [1.807, 2.05) is 0 Å². The molecule has 3 N–H and O–H groups in total. The lowest BCUT2D eigenvalue weighted by atomic mass is 10.1. The largest absolute Gasteiger partial charge is 0.480 e.